The van der Waals surface area contributed by atoms with Crippen LogP contribution in [0.1, 0.15) is 18.1 Å². The second kappa shape index (κ2) is 7.91. The van der Waals surface area contributed by atoms with Crippen LogP contribution >= 0.6 is 0 Å². The molecule has 0 saturated heterocycles. The van der Waals surface area contributed by atoms with E-state index in [0.29, 0.717) is 16.5 Å². The number of benzene rings is 2. The Balaban J connectivity index is 2.08. The van der Waals surface area contributed by atoms with Crippen molar-refractivity contribution in [2.45, 2.75) is 6.92 Å². The zero-order valence-electron chi connectivity index (χ0n) is 14.9. The summed E-state index contributed by atoms with van der Waals surface area (Å²) < 4.78 is 39.0. The number of halogens is 2. The van der Waals surface area contributed by atoms with Crippen LogP contribution in [0.4, 0.5) is 8.78 Å². The largest absolute Gasteiger partial charge is 0.463 e. The fraction of sp³-hybridized carbons (Fsp3) is 0.100. The summed E-state index contributed by atoms with van der Waals surface area (Å²) in [6, 6.07) is 6.53. The maximum Gasteiger partial charge on any atom is 0.330 e. The van der Waals surface area contributed by atoms with Gasteiger partial charge in [0.2, 0.25) is 0 Å². The van der Waals surface area contributed by atoms with Gasteiger partial charge in [-0.2, -0.15) is 0 Å². The topological polar surface area (TPSA) is 101 Å². The van der Waals surface area contributed by atoms with Gasteiger partial charge in [-0.1, -0.05) is 0 Å². The molecular formula is C20H17F2N3O3. The van der Waals surface area contributed by atoms with E-state index in [-0.39, 0.29) is 23.7 Å². The summed E-state index contributed by atoms with van der Waals surface area (Å²) >= 11 is 0. The van der Waals surface area contributed by atoms with Crippen molar-refractivity contribution in [3.05, 3.63) is 65.4 Å². The van der Waals surface area contributed by atoms with E-state index in [0.717, 1.165) is 6.07 Å². The van der Waals surface area contributed by atoms with E-state index >= 15 is 0 Å². The summed E-state index contributed by atoms with van der Waals surface area (Å²) in [7, 11) is 0. The number of carbonyl (C=O) groups excluding carboxylic acids is 1. The van der Waals surface area contributed by atoms with Gasteiger partial charge in [-0.25, -0.2) is 13.6 Å². The third-order valence-corrected chi connectivity index (χ3v) is 3.92. The molecule has 0 aliphatic carbocycles. The molecule has 28 heavy (non-hydrogen) atoms. The molecule has 6 nitrogen and oxygen atoms in total. The van der Waals surface area contributed by atoms with Crippen LogP contribution in [0.15, 0.2) is 42.6 Å². The number of nitrogens with two attached hydrogens (primary N) is 1. The van der Waals surface area contributed by atoms with Crippen molar-refractivity contribution in [2.75, 3.05) is 6.61 Å². The molecule has 1 heterocycles. The fourth-order valence-electron chi connectivity index (χ4n) is 2.68. The number of hydrogen-bond donors (Lipinski definition) is 3. The Morgan fingerprint density at radius 2 is 2.04 bits per heavy atom. The predicted octanol–water partition coefficient (Wildman–Crippen LogP) is 4.10. The van der Waals surface area contributed by atoms with E-state index in [9.17, 15) is 13.6 Å². The Kier molecular flexibility index (Phi) is 5.39. The quantitative estimate of drug-likeness (QED) is 0.257. The number of H-pyrrole nitrogens is 1. The van der Waals surface area contributed by atoms with Gasteiger partial charge < -0.3 is 20.2 Å². The van der Waals surface area contributed by atoms with Gasteiger partial charge in [-0.05, 0) is 37.3 Å². The van der Waals surface area contributed by atoms with Crippen LogP contribution < -0.4 is 10.5 Å². The molecular weight excluding hydrogens is 368 g/mol. The first kappa shape index (κ1) is 19.1. The third-order valence-electron chi connectivity index (χ3n) is 3.92. The maximum atomic E-state index is 14.7. The summed E-state index contributed by atoms with van der Waals surface area (Å²) in [4.78, 5) is 14.6. The van der Waals surface area contributed by atoms with Crippen LogP contribution in [0.3, 0.4) is 0 Å². The zero-order valence-corrected chi connectivity index (χ0v) is 14.9. The lowest BCUT2D eigenvalue weighted by molar-refractivity contribution is -0.137. The van der Waals surface area contributed by atoms with Gasteiger partial charge in [-0.15, -0.1) is 0 Å². The minimum Gasteiger partial charge on any atom is -0.463 e. The second-order valence-corrected chi connectivity index (χ2v) is 5.78. The molecule has 4 N–H and O–H groups in total. The van der Waals surface area contributed by atoms with Crippen LogP contribution in [0, 0.1) is 17.0 Å². The third kappa shape index (κ3) is 3.85. The lowest BCUT2D eigenvalue weighted by Gasteiger charge is -2.12. The Morgan fingerprint density at radius 1 is 1.25 bits per heavy atom. The van der Waals surface area contributed by atoms with Gasteiger partial charge in [0.15, 0.2) is 11.6 Å². The van der Waals surface area contributed by atoms with Gasteiger partial charge in [-0.3, -0.25) is 5.41 Å². The minimum absolute atomic E-state index is 0.0890. The number of esters is 1. The smallest absolute Gasteiger partial charge is 0.330 e. The number of hydrogen-bond acceptors (Lipinski definition) is 4. The molecule has 3 aromatic rings. The molecule has 0 unspecified atom stereocenters. The van der Waals surface area contributed by atoms with Gasteiger partial charge in [0.25, 0.3) is 0 Å². The number of fused-ring (bicyclic) bond motifs is 1. The highest BCUT2D eigenvalue weighted by Gasteiger charge is 2.17. The van der Waals surface area contributed by atoms with Crippen LogP contribution in [-0.2, 0) is 9.53 Å². The average molecular weight is 385 g/mol. The number of ether oxygens (including phenoxy) is 2. The highest BCUT2D eigenvalue weighted by molar-refractivity contribution is 5.97. The van der Waals surface area contributed by atoms with Crippen molar-refractivity contribution in [2.24, 2.45) is 5.73 Å². The summed E-state index contributed by atoms with van der Waals surface area (Å²) in [5.41, 5.74) is 6.01. The number of nitrogens with one attached hydrogen (secondary N) is 2. The van der Waals surface area contributed by atoms with E-state index in [1.165, 1.54) is 30.4 Å². The number of carbonyl (C=O) groups is 1. The molecule has 8 heteroatoms. The second-order valence-electron chi connectivity index (χ2n) is 5.78. The van der Waals surface area contributed by atoms with E-state index in [2.05, 4.69) is 4.98 Å². The van der Waals surface area contributed by atoms with Gasteiger partial charge in [0.1, 0.15) is 17.4 Å². The van der Waals surface area contributed by atoms with E-state index < -0.39 is 23.4 Å². The average Bonchev–Trinajstić information content (AvgIpc) is 3.10. The summed E-state index contributed by atoms with van der Waals surface area (Å²) in [6.07, 6.45) is 4.19. The van der Waals surface area contributed by atoms with Crippen LogP contribution in [0.2, 0.25) is 0 Å². The van der Waals surface area contributed by atoms with Crippen molar-refractivity contribution in [1.29, 1.82) is 5.41 Å². The number of aromatic nitrogens is 1. The lowest BCUT2D eigenvalue weighted by atomic mass is 10.1. The van der Waals surface area contributed by atoms with Crippen molar-refractivity contribution in [3.8, 4) is 11.5 Å². The monoisotopic (exact) mass is 385 g/mol. The molecule has 2 aromatic carbocycles. The van der Waals surface area contributed by atoms with Gasteiger partial charge in [0.05, 0.1) is 12.2 Å². The SMILES string of the molecule is CCOC(=O)/C=C/c1c(Oc2ccc(F)c(C(=N)N)c2)c(F)cc2[nH]ccc12. The van der Waals surface area contributed by atoms with Crippen LogP contribution in [-0.4, -0.2) is 23.4 Å². The molecule has 0 aliphatic heterocycles. The first-order chi connectivity index (χ1) is 13.4. The maximum absolute atomic E-state index is 14.7. The predicted molar refractivity (Wildman–Crippen MR) is 101 cm³/mol. The van der Waals surface area contributed by atoms with Gasteiger partial charge >= 0.3 is 5.97 Å². The molecule has 0 aliphatic rings. The molecule has 1 aromatic heterocycles. The van der Waals surface area contributed by atoms with Crippen LogP contribution in [0.5, 0.6) is 11.5 Å². The van der Waals surface area contributed by atoms with E-state index in [1.54, 1.807) is 19.2 Å². The van der Waals surface area contributed by atoms with Gasteiger partial charge in [0, 0.05) is 34.8 Å². The first-order valence-electron chi connectivity index (χ1n) is 8.37. The Bertz CT molecular complexity index is 1090. The molecule has 0 fully saturated rings. The minimum atomic E-state index is -0.691. The molecule has 144 valence electrons. The highest BCUT2D eigenvalue weighted by atomic mass is 19.1. The summed E-state index contributed by atoms with van der Waals surface area (Å²) in [5.74, 6) is -2.51. The summed E-state index contributed by atoms with van der Waals surface area (Å²) in [6.45, 7) is 1.88. The fourth-order valence-corrected chi connectivity index (χ4v) is 2.68. The first-order valence-corrected chi connectivity index (χ1v) is 8.37. The van der Waals surface area contributed by atoms with Crippen molar-refractivity contribution in [1.82, 2.24) is 4.98 Å². The normalized spacial score (nSPS) is 11.1. The molecule has 0 atom stereocenters. The van der Waals surface area contributed by atoms with Crippen LogP contribution in [0.25, 0.3) is 17.0 Å². The molecule has 0 amide bonds. The summed E-state index contributed by atoms with van der Waals surface area (Å²) in [5, 5.41) is 8.03. The Labute approximate surface area is 159 Å². The molecule has 0 spiro atoms. The standard InChI is InChI=1S/C20H17F2N3O3/c1-2-27-18(26)6-4-13-12-7-8-25-17(12)10-16(22)19(13)28-11-3-5-15(21)14(9-11)20(23)24/h3-10,25H,2H2,1H3,(H3,23,24)/b6-4+. The Hall–Kier alpha value is -3.68. The molecule has 0 saturated carbocycles. The van der Waals surface area contributed by atoms with Crippen molar-refractivity contribution in [3.63, 3.8) is 0 Å². The Morgan fingerprint density at radius 3 is 2.75 bits per heavy atom. The molecule has 0 radical (unpaired) electrons. The molecule has 3 rings (SSSR count). The number of nitrogen functional groups attached to an aromatic ring is 1. The van der Waals surface area contributed by atoms with E-state index in [1.807, 2.05) is 0 Å². The van der Waals surface area contributed by atoms with Crippen molar-refractivity contribution < 1.29 is 23.0 Å². The zero-order chi connectivity index (χ0) is 20.3. The lowest BCUT2D eigenvalue weighted by Crippen LogP contribution is -2.13. The molecule has 0 bridgehead atoms. The number of rotatable bonds is 6. The van der Waals surface area contributed by atoms with E-state index in [4.69, 9.17) is 20.6 Å². The highest BCUT2D eigenvalue weighted by Crippen LogP contribution is 2.35. The number of amidine groups is 1. The van der Waals surface area contributed by atoms with Crippen molar-refractivity contribution >= 4 is 28.8 Å². The number of aromatic amines is 1.